The molecule has 1 aromatic carbocycles. The van der Waals surface area contributed by atoms with Crippen molar-refractivity contribution in [3.05, 3.63) is 24.3 Å². The van der Waals surface area contributed by atoms with Crippen LogP contribution in [-0.2, 0) is 4.79 Å². The number of nitrogen functional groups attached to an aromatic ring is 1. The minimum absolute atomic E-state index is 0.0624. The number of nitrogens with one attached hydrogen (secondary N) is 1. The Morgan fingerprint density at radius 2 is 2.37 bits per heavy atom. The van der Waals surface area contributed by atoms with Crippen LogP contribution in [0.5, 0.6) is 0 Å². The lowest BCUT2D eigenvalue weighted by atomic mass is 10.1. The summed E-state index contributed by atoms with van der Waals surface area (Å²) in [6, 6.07) is 7.96. The highest BCUT2D eigenvalue weighted by Crippen LogP contribution is 2.20. The number of likely N-dealkylation sites (tertiary alicyclic amines) is 1. The molecule has 0 aliphatic carbocycles. The Morgan fingerprint density at radius 3 is 3.11 bits per heavy atom. The summed E-state index contributed by atoms with van der Waals surface area (Å²) in [4.78, 5) is 14.3. The van der Waals surface area contributed by atoms with Gasteiger partial charge in [-0.15, -0.1) is 0 Å². The molecule has 1 heterocycles. The van der Waals surface area contributed by atoms with Crippen molar-refractivity contribution in [1.82, 2.24) is 4.90 Å². The van der Waals surface area contributed by atoms with Gasteiger partial charge in [-0.25, -0.2) is 0 Å². The molecule has 0 aromatic heterocycles. The van der Waals surface area contributed by atoms with Crippen LogP contribution < -0.4 is 11.1 Å². The quantitative estimate of drug-likeness (QED) is 0.801. The second-order valence-electron chi connectivity index (χ2n) is 5.16. The average Bonchev–Trinajstić information content (AvgIpc) is 2.83. The summed E-state index contributed by atoms with van der Waals surface area (Å²) >= 11 is 0. The van der Waals surface area contributed by atoms with Crippen molar-refractivity contribution in [2.24, 2.45) is 0 Å². The van der Waals surface area contributed by atoms with Crippen LogP contribution in [0.3, 0.4) is 0 Å². The van der Waals surface area contributed by atoms with E-state index in [0.29, 0.717) is 18.2 Å². The van der Waals surface area contributed by atoms with E-state index in [1.165, 1.54) is 19.3 Å². The summed E-state index contributed by atoms with van der Waals surface area (Å²) < 4.78 is 0. The Hall–Kier alpha value is -1.55. The Kier molecular flexibility index (Phi) is 4.80. The number of carbonyl (C=O) groups is 1. The maximum Gasteiger partial charge on any atom is 0.225 e. The van der Waals surface area contributed by atoms with Crippen LogP contribution in [0.4, 0.5) is 11.4 Å². The fourth-order valence-electron chi connectivity index (χ4n) is 2.74. The molecule has 104 valence electrons. The Bertz CT molecular complexity index is 433. The van der Waals surface area contributed by atoms with Crippen molar-refractivity contribution < 1.29 is 4.79 Å². The summed E-state index contributed by atoms with van der Waals surface area (Å²) in [7, 11) is 0. The highest BCUT2D eigenvalue weighted by atomic mass is 16.1. The van der Waals surface area contributed by atoms with Gasteiger partial charge in [-0.3, -0.25) is 9.69 Å². The number of hydrogen-bond acceptors (Lipinski definition) is 3. The van der Waals surface area contributed by atoms with E-state index < -0.39 is 0 Å². The van der Waals surface area contributed by atoms with E-state index in [1.807, 2.05) is 18.2 Å². The molecule has 4 nitrogen and oxygen atoms in total. The summed E-state index contributed by atoms with van der Waals surface area (Å²) in [5.41, 5.74) is 7.13. The molecule has 0 spiro atoms. The van der Waals surface area contributed by atoms with Gasteiger partial charge in [-0.2, -0.15) is 0 Å². The van der Waals surface area contributed by atoms with E-state index in [1.54, 1.807) is 6.07 Å². The number of hydrogen-bond donors (Lipinski definition) is 2. The number of benzene rings is 1. The second kappa shape index (κ2) is 6.57. The number of anilines is 2. The molecule has 1 aliphatic heterocycles. The monoisotopic (exact) mass is 261 g/mol. The maximum atomic E-state index is 11.9. The first-order valence-corrected chi connectivity index (χ1v) is 7.08. The van der Waals surface area contributed by atoms with Crippen molar-refractivity contribution in [1.29, 1.82) is 0 Å². The third-order valence-corrected chi connectivity index (χ3v) is 3.77. The molecule has 0 radical (unpaired) electrons. The highest BCUT2D eigenvalue weighted by Gasteiger charge is 2.22. The topological polar surface area (TPSA) is 58.4 Å². The molecule has 19 heavy (non-hydrogen) atoms. The fourth-order valence-corrected chi connectivity index (χ4v) is 2.74. The molecule has 1 amide bonds. The third kappa shape index (κ3) is 3.96. The minimum atomic E-state index is 0.0624. The standard InChI is InChI=1S/C15H23N3O/c1-2-14-7-4-9-18(14)10-8-15(19)17-13-6-3-5-12(16)11-13/h3,5-6,11,14H,2,4,7-10,16H2,1H3,(H,17,19). The number of nitrogens with zero attached hydrogens (tertiary/aromatic N) is 1. The summed E-state index contributed by atoms with van der Waals surface area (Å²) in [5.74, 6) is 0.0624. The van der Waals surface area contributed by atoms with Gasteiger partial charge >= 0.3 is 0 Å². The van der Waals surface area contributed by atoms with Gasteiger partial charge in [-0.05, 0) is 44.0 Å². The maximum absolute atomic E-state index is 11.9. The first-order valence-electron chi connectivity index (χ1n) is 7.08. The number of amides is 1. The number of rotatable bonds is 5. The summed E-state index contributed by atoms with van der Waals surface area (Å²) in [5, 5.41) is 2.89. The molecule has 1 unspecified atom stereocenters. The van der Waals surface area contributed by atoms with Gasteiger partial charge in [-0.1, -0.05) is 13.0 Å². The zero-order valence-corrected chi connectivity index (χ0v) is 11.6. The zero-order valence-electron chi connectivity index (χ0n) is 11.6. The fraction of sp³-hybridized carbons (Fsp3) is 0.533. The Labute approximate surface area is 115 Å². The molecule has 2 rings (SSSR count). The normalized spacial score (nSPS) is 19.5. The van der Waals surface area contributed by atoms with Gasteiger partial charge in [0.15, 0.2) is 0 Å². The van der Waals surface area contributed by atoms with Gasteiger partial charge < -0.3 is 11.1 Å². The second-order valence-corrected chi connectivity index (χ2v) is 5.16. The van der Waals surface area contributed by atoms with Crippen LogP contribution in [0, 0.1) is 0 Å². The molecule has 1 saturated heterocycles. The molecule has 1 fully saturated rings. The lowest BCUT2D eigenvalue weighted by molar-refractivity contribution is -0.116. The first-order chi connectivity index (χ1) is 9.19. The molecular weight excluding hydrogens is 238 g/mol. The lowest BCUT2D eigenvalue weighted by Crippen LogP contribution is -2.31. The van der Waals surface area contributed by atoms with Crippen molar-refractivity contribution in [2.45, 2.75) is 38.6 Å². The predicted molar refractivity (Wildman–Crippen MR) is 79.0 cm³/mol. The molecular formula is C15H23N3O. The molecule has 0 bridgehead atoms. The number of nitrogens with two attached hydrogens (primary N) is 1. The van der Waals surface area contributed by atoms with Gasteiger partial charge in [0.2, 0.25) is 5.91 Å². The van der Waals surface area contributed by atoms with Crippen LogP contribution in [0.2, 0.25) is 0 Å². The van der Waals surface area contributed by atoms with Gasteiger partial charge in [0.05, 0.1) is 0 Å². The van der Waals surface area contributed by atoms with Gasteiger partial charge in [0, 0.05) is 30.4 Å². The van der Waals surface area contributed by atoms with Crippen molar-refractivity contribution in [3.63, 3.8) is 0 Å². The highest BCUT2D eigenvalue weighted by molar-refractivity contribution is 5.91. The van der Waals surface area contributed by atoms with E-state index in [2.05, 4.69) is 17.1 Å². The average molecular weight is 261 g/mol. The van der Waals surface area contributed by atoms with E-state index in [-0.39, 0.29) is 5.91 Å². The Balaban J connectivity index is 1.78. The zero-order chi connectivity index (χ0) is 13.7. The summed E-state index contributed by atoms with van der Waals surface area (Å²) in [6.45, 7) is 4.20. The van der Waals surface area contributed by atoms with E-state index in [4.69, 9.17) is 5.73 Å². The molecule has 1 atom stereocenters. The minimum Gasteiger partial charge on any atom is -0.399 e. The van der Waals surface area contributed by atoms with Gasteiger partial charge in [0.25, 0.3) is 0 Å². The Morgan fingerprint density at radius 1 is 1.53 bits per heavy atom. The van der Waals surface area contributed by atoms with Gasteiger partial charge in [0.1, 0.15) is 0 Å². The van der Waals surface area contributed by atoms with Crippen LogP contribution in [0.25, 0.3) is 0 Å². The smallest absolute Gasteiger partial charge is 0.225 e. The molecule has 0 saturated carbocycles. The third-order valence-electron chi connectivity index (χ3n) is 3.77. The molecule has 1 aliphatic rings. The van der Waals surface area contributed by atoms with E-state index in [9.17, 15) is 4.79 Å². The van der Waals surface area contributed by atoms with Crippen LogP contribution in [0.15, 0.2) is 24.3 Å². The van der Waals surface area contributed by atoms with Crippen LogP contribution in [0.1, 0.15) is 32.6 Å². The largest absolute Gasteiger partial charge is 0.399 e. The lowest BCUT2D eigenvalue weighted by Gasteiger charge is -2.22. The van der Waals surface area contributed by atoms with E-state index in [0.717, 1.165) is 18.8 Å². The molecule has 1 aromatic rings. The number of carbonyl (C=O) groups excluding carboxylic acids is 1. The van der Waals surface area contributed by atoms with Crippen LogP contribution in [-0.4, -0.2) is 29.9 Å². The molecule has 4 heteroatoms. The van der Waals surface area contributed by atoms with Crippen LogP contribution >= 0.6 is 0 Å². The van der Waals surface area contributed by atoms with E-state index >= 15 is 0 Å². The predicted octanol–water partition coefficient (Wildman–Crippen LogP) is 2.47. The SMILES string of the molecule is CCC1CCCN1CCC(=O)Nc1cccc(N)c1. The van der Waals surface area contributed by atoms with Crippen molar-refractivity contribution in [3.8, 4) is 0 Å². The molecule has 3 N–H and O–H groups in total. The van der Waals surface area contributed by atoms with Crippen molar-refractivity contribution in [2.75, 3.05) is 24.1 Å². The van der Waals surface area contributed by atoms with Crippen molar-refractivity contribution >= 4 is 17.3 Å². The summed E-state index contributed by atoms with van der Waals surface area (Å²) in [6.07, 6.45) is 4.25. The first kappa shape index (κ1) is 13.9.